The number of hydrogen-bond donors (Lipinski definition) is 3. The smallest absolute Gasteiger partial charge is 0.255 e. The Labute approximate surface area is 205 Å². The molecule has 184 valence electrons. The zero-order chi connectivity index (χ0) is 24.5. The van der Waals surface area contributed by atoms with E-state index in [0.717, 1.165) is 59.5 Å². The van der Waals surface area contributed by atoms with E-state index in [1.165, 1.54) is 19.2 Å². The Morgan fingerprint density at radius 2 is 1.74 bits per heavy atom. The van der Waals surface area contributed by atoms with Crippen LogP contribution >= 0.6 is 0 Å². The molecule has 8 nitrogen and oxygen atoms in total. The molecule has 8 heteroatoms. The molecule has 2 aromatic heterocycles. The number of nitrogens with one attached hydrogen (secondary N) is 3. The number of carbonyl (C=O) groups is 2. The second kappa shape index (κ2) is 9.68. The number of amides is 2. The lowest BCUT2D eigenvalue weighted by Gasteiger charge is -2.29. The van der Waals surface area contributed by atoms with Crippen molar-refractivity contribution in [2.75, 3.05) is 6.61 Å². The number of carbonyl (C=O) groups excluding carboxylic acids is 2. The van der Waals surface area contributed by atoms with E-state index in [2.05, 4.69) is 31.7 Å². The van der Waals surface area contributed by atoms with Crippen molar-refractivity contribution in [2.24, 2.45) is 5.92 Å². The maximum absolute atomic E-state index is 13.3. The highest BCUT2D eigenvalue weighted by Gasteiger charge is 2.27. The van der Waals surface area contributed by atoms with E-state index in [4.69, 9.17) is 4.74 Å². The molecule has 5 rings (SSSR count). The molecule has 0 spiro atoms. The number of aryl methyl sites for hydroxylation is 2. The van der Waals surface area contributed by atoms with E-state index in [1.807, 2.05) is 26.0 Å². The fourth-order valence-corrected chi connectivity index (χ4v) is 4.98. The molecule has 2 aliphatic carbocycles. The number of H-pyrrole nitrogens is 1. The normalized spacial score (nSPS) is 20.0. The second-order valence-corrected chi connectivity index (χ2v) is 10.0. The molecule has 0 atom stereocenters. The Hall–Kier alpha value is -3.42. The van der Waals surface area contributed by atoms with Crippen LogP contribution in [-0.2, 0) is 4.79 Å². The summed E-state index contributed by atoms with van der Waals surface area (Å²) >= 11 is 0. The molecule has 35 heavy (non-hydrogen) atoms. The molecule has 0 unspecified atom stereocenters. The number of fused-ring (bicyclic) bond motifs is 1. The van der Waals surface area contributed by atoms with E-state index in [9.17, 15) is 9.59 Å². The largest absolute Gasteiger partial charge is 0.493 e. The molecule has 0 bridgehead atoms. The Morgan fingerprint density at radius 1 is 1.03 bits per heavy atom. The van der Waals surface area contributed by atoms with Crippen molar-refractivity contribution in [1.82, 2.24) is 25.6 Å². The monoisotopic (exact) mass is 475 g/mol. The van der Waals surface area contributed by atoms with E-state index in [-0.39, 0.29) is 23.9 Å². The molecule has 2 amide bonds. The minimum atomic E-state index is -0.129. The van der Waals surface area contributed by atoms with Gasteiger partial charge >= 0.3 is 0 Å². The molecule has 2 aliphatic rings. The lowest BCUT2D eigenvalue weighted by Crippen LogP contribution is -2.43. The van der Waals surface area contributed by atoms with Gasteiger partial charge in [0.2, 0.25) is 5.91 Å². The molecule has 0 saturated heterocycles. The first-order valence-electron chi connectivity index (χ1n) is 12.5. The molecule has 0 aliphatic heterocycles. The summed E-state index contributed by atoms with van der Waals surface area (Å²) in [5, 5.41) is 6.17. The van der Waals surface area contributed by atoms with E-state index in [0.29, 0.717) is 23.6 Å². The summed E-state index contributed by atoms with van der Waals surface area (Å²) in [5.41, 5.74) is 5.43. The highest BCUT2D eigenvalue weighted by molar-refractivity contribution is 6.09. The first-order valence-corrected chi connectivity index (χ1v) is 12.5. The van der Waals surface area contributed by atoms with Gasteiger partial charge in [-0.15, -0.1) is 0 Å². The zero-order valence-electron chi connectivity index (χ0n) is 20.6. The van der Waals surface area contributed by atoms with Crippen molar-refractivity contribution >= 4 is 22.8 Å². The van der Waals surface area contributed by atoms with Crippen LogP contribution in [0.3, 0.4) is 0 Å². The van der Waals surface area contributed by atoms with Crippen LogP contribution in [0.25, 0.3) is 22.3 Å². The Kier molecular flexibility index (Phi) is 6.45. The lowest BCUT2D eigenvalue weighted by atomic mass is 9.91. The number of hydrogen-bond acceptors (Lipinski definition) is 5. The van der Waals surface area contributed by atoms with Gasteiger partial charge in [0.05, 0.1) is 17.7 Å². The van der Waals surface area contributed by atoms with Gasteiger partial charge < -0.3 is 20.4 Å². The minimum absolute atomic E-state index is 0.00269. The Morgan fingerprint density at radius 3 is 2.43 bits per heavy atom. The molecular weight excluding hydrogens is 442 g/mol. The van der Waals surface area contributed by atoms with Gasteiger partial charge in [-0.2, -0.15) is 0 Å². The summed E-state index contributed by atoms with van der Waals surface area (Å²) in [6, 6.07) is 6.40. The number of rotatable bonds is 7. The summed E-state index contributed by atoms with van der Waals surface area (Å²) < 4.78 is 6.16. The van der Waals surface area contributed by atoms with Crippen molar-refractivity contribution in [3.8, 4) is 17.0 Å². The number of aromatic nitrogens is 3. The summed E-state index contributed by atoms with van der Waals surface area (Å²) in [5.74, 6) is 1.32. The molecule has 3 N–H and O–H groups in total. The average molecular weight is 476 g/mol. The van der Waals surface area contributed by atoms with Crippen molar-refractivity contribution in [3.63, 3.8) is 0 Å². The minimum Gasteiger partial charge on any atom is -0.493 e. The van der Waals surface area contributed by atoms with Gasteiger partial charge in [-0.3, -0.25) is 9.59 Å². The molecule has 2 fully saturated rings. The third-order valence-electron chi connectivity index (χ3n) is 7.03. The highest BCUT2D eigenvalue weighted by atomic mass is 16.5. The van der Waals surface area contributed by atoms with Gasteiger partial charge in [0.25, 0.3) is 5.91 Å². The van der Waals surface area contributed by atoms with Crippen molar-refractivity contribution in [2.45, 2.75) is 71.4 Å². The second-order valence-electron chi connectivity index (χ2n) is 10.0. The first kappa shape index (κ1) is 23.3. The molecular formula is C27H33N5O3. The summed E-state index contributed by atoms with van der Waals surface area (Å²) in [6.45, 7) is 6.20. The number of aromatic amines is 1. The first-order chi connectivity index (χ1) is 16.9. The third kappa shape index (κ3) is 5.16. The maximum atomic E-state index is 13.3. The maximum Gasteiger partial charge on any atom is 0.255 e. The molecule has 2 saturated carbocycles. The number of benzene rings is 1. The van der Waals surface area contributed by atoms with Gasteiger partial charge in [-0.25, -0.2) is 9.97 Å². The predicted octanol–water partition coefficient (Wildman–Crippen LogP) is 4.21. The predicted molar refractivity (Wildman–Crippen MR) is 134 cm³/mol. The average Bonchev–Trinajstić information content (AvgIpc) is 3.58. The quantitative estimate of drug-likeness (QED) is 0.474. The lowest BCUT2D eigenvalue weighted by molar-refractivity contribution is -0.119. The van der Waals surface area contributed by atoms with Crippen LogP contribution in [-0.4, -0.2) is 45.5 Å². The van der Waals surface area contributed by atoms with Gasteiger partial charge in [-0.1, -0.05) is 11.6 Å². The highest BCUT2D eigenvalue weighted by Crippen LogP contribution is 2.37. The summed E-state index contributed by atoms with van der Waals surface area (Å²) in [6.07, 6.45) is 7.37. The molecule has 1 aromatic carbocycles. The van der Waals surface area contributed by atoms with E-state index >= 15 is 0 Å². The van der Waals surface area contributed by atoms with Crippen LogP contribution in [0.15, 0.2) is 24.5 Å². The summed E-state index contributed by atoms with van der Waals surface area (Å²) in [4.78, 5) is 37.1. The van der Waals surface area contributed by atoms with Crippen molar-refractivity contribution in [1.29, 1.82) is 0 Å². The van der Waals surface area contributed by atoms with Crippen LogP contribution in [0.5, 0.6) is 5.75 Å². The SMILES string of the molecule is CC(=O)N[C@H]1CC[C@H](NC(=O)c2c(C)[nH]c3c(-c4cc(C)ccc4OCC4CC4)ncnc23)CC1. The fourth-order valence-electron chi connectivity index (χ4n) is 4.98. The third-order valence-corrected chi connectivity index (χ3v) is 7.03. The zero-order valence-corrected chi connectivity index (χ0v) is 20.6. The molecule has 3 aromatic rings. The van der Waals surface area contributed by atoms with Crippen LogP contribution in [0.4, 0.5) is 0 Å². The van der Waals surface area contributed by atoms with Gasteiger partial charge in [-0.05, 0) is 70.4 Å². The van der Waals surface area contributed by atoms with Crippen LogP contribution in [0, 0.1) is 19.8 Å². The topological polar surface area (TPSA) is 109 Å². The molecule has 2 heterocycles. The van der Waals surface area contributed by atoms with Crippen LogP contribution in [0.2, 0.25) is 0 Å². The standard InChI is InChI=1S/C27H33N5O3/c1-15-4-11-22(35-13-18-5-6-18)21(12-15)24-26-25(29-14-28-24)23(16(2)30-26)27(34)32-20-9-7-19(8-10-20)31-17(3)33/h4,11-12,14,18-20,30H,5-10,13H2,1-3H3,(H,31,33)(H,32,34)/t19-,20-. The Balaban J connectivity index is 1.40. The van der Waals surface area contributed by atoms with Gasteiger partial charge in [0, 0.05) is 30.3 Å². The van der Waals surface area contributed by atoms with Gasteiger partial charge in [0.15, 0.2) is 0 Å². The summed E-state index contributed by atoms with van der Waals surface area (Å²) in [7, 11) is 0. The van der Waals surface area contributed by atoms with Crippen molar-refractivity contribution in [3.05, 3.63) is 41.3 Å². The van der Waals surface area contributed by atoms with E-state index in [1.54, 1.807) is 6.92 Å². The van der Waals surface area contributed by atoms with Gasteiger partial charge in [0.1, 0.15) is 23.3 Å². The van der Waals surface area contributed by atoms with Crippen molar-refractivity contribution < 1.29 is 14.3 Å². The Bertz CT molecular complexity index is 1260. The van der Waals surface area contributed by atoms with Crippen LogP contribution in [0.1, 0.15) is 67.1 Å². The fraction of sp³-hybridized carbons (Fsp3) is 0.481. The number of nitrogens with zero attached hydrogens (tertiary/aromatic N) is 2. The number of ether oxygens (including phenoxy) is 1. The van der Waals surface area contributed by atoms with Crippen LogP contribution < -0.4 is 15.4 Å². The molecule has 0 radical (unpaired) electrons. The van der Waals surface area contributed by atoms with E-state index < -0.39 is 0 Å².